The second-order valence-corrected chi connectivity index (χ2v) is 5.44. The van der Waals surface area contributed by atoms with E-state index < -0.39 is 0 Å². The summed E-state index contributed by atoms with van der Waals surface area (Å²) in [6, 6.07) is 24.5. The molecule has 0 spiro atoms. The van der Waals surface area contributed by atoms with Crippen LogP contribution in [0.25, 0.3) is 21.7 Å². The van der Waals surface area contributed by atoms with Crippen LogP contribution in [0.3, 0.4) is 0 Å². The fourth-order valence-electron chi connectivity index (χ4n) is 2.80. The van der Waals surface area contributed by atoms with Gasteiger partial charge in [-0.2, -0.15) is 5.26 Å². The van der Waals surface area contributed by atoms with Crippen LogP contribution in [0.4, 0.5) is 0 Å². The molecule has 0 amide bonds. The van der Waals surface area contributed by atoms with Crippen molar-refractivity contribution in [1.82, 2.24) is 0 Å². The van der Waals surface area contributed by atoms with Crippen LogP contribution >= 0.6 is 0 Å². The van der Waals surface area contributed by atoms with Gasteiger partial charge in [-0.15, -0.1) is 0 Å². The van der Waals surface area contributed by atoms with Crippen molar-refractivity contribution in [3.05, 3.63) is 83.6 Å². The molecule has 0 N–H and O–H groups in total. The summed E-state index contributed by atoms with van der Waals surface area (Å²) in [5, 5.41) is 12.4. The molecule has 0 saturated heterocycles. The molecule has 0 bridgehead atoms. The smallest absolute Gasteiger partial charge is 0.134 e. The van der Waals surface area contributed by atoms with Crippen molar-refractivity contribution in [2.24, 2.45) is 0 Å². The number of fused-ring (bicyclic) bond motifs is 2. The van der Waals surface area contributed by atoms with Gasteiger partial charge < -0.3 is 4.42 Å². The Bertz CT molecular complexity index is 1020. The fourth-order valence-corrected chi connectivity index (χ4v) is 2.80. The highest BCUT2D eigenvalue weighted by atomic mass is 16.3. The van der Waals surface area contributed by atoms with E-state index in [1.165, 1.54) is 16.3 Å². The molecule has 3 aromatic carbocycles. The standard InChI is InChI=1S/C20H13NO/c21-13-15-6-8-20-18(10-15)12-19(22-20)11-14-5-7-16-3-1-2-4-17(16)9-14/h1-10,12H,11H2. The first kappa shape index (κ1) is 12.7. The van der Waals surface area contributed by atoms with Crippen molar-refractivity contribution in [3.63, 3.8) is 0 Å². The largest absolute Gasteiger partial charge is 0.461 e. The van der Waals surface area contributed by atoms with E-state index in [0.717, 1.165) is 23.2 Å². The number of benzene rings is 3. The molecule has 1 heterocycles. The molecule has 2 heteroatoms. The second-order valence-electron chi connectivity index (χ2n) is 5.44. The highest BCUT2D eigenvalue weighted by Crippen LogP contribution is 2.24. The van der Waals surface area contributed by atoms with E-state index in [9.17, 15) is 0 Å². The number of hydrogen-bond donors (Lipinski definition) is 0. The van der Waals surface area contributed by atoms with Crippen LogP contribution in [0.2, 0.25) is 0 Å². The van der Waals surface area contributed by atoms with E-state index in [4.69, 9.17) is 9.68 Å². The van der Waals surface area contributed by atoms with Crippen molar-refractivity contribution < 1.29 is 4.42 Å². The number of rotatable bonds is 2. The Morgan fingerprint density at radius 1 is 0.818 bits per heavy atom. The van der Waals surface area contributed by atoms with Crippen LogP contribution < -0.4 is 0 Å². The van der Waals surface area contributed by atoms with Crippen molar-refractivity contribution in [3.8, 4) is 6.07 Å². The van der Waals surface area contributed by atoms with E-state index in [1.54, 1.807) is 6.07 Å². The SMILES string of the molecule is N#Cc1ccc2oc(Cc3ccc4ccccc4c3)cc2c1. The van der Waals surface area contributed by atoms with E-state index in [-0.39, 0.29) is 0 Å². The zero-order valence-electron chi connectivity index (χ0n) is 11.9. The zero-order chi connectivity index (χ0) is 14.9. The summed E-state index contributed by atoms with van der Waals surface area (Å²) in [6.45, 7) is 0. The summed E-state index contributed by atoms with van der Waals surface area (Å²) in [5.74, 6) is 0.917. The molecular weight excluding hydrogens is 270 g/mol. The van der Waals surface area contributed by atoms with Crippen LogP contribution in [-0.4, -0.2) is 0 Å². The molecule has 0 fully saturated rings. The van der Waals surface area contributed by atoms with Crippen molar-refractivity contribution >= 4 is 21.7 Å². The topological polar surface area (TPSA) is 36.9 Å². The molecule has 22 heavy (non-hydrogen) atoms. The summed E-state index contributed by atoms with van der Waals surface area (Å²) in [7, 11) is 0. The average molecular weight is 283 g/mol. The van der Waals surface area contributed by atoms with Gasteiger partial charge in [-0.3, -0.25) is 0 Å². The van der Waals surface area contributed by atoms with Gasteiger partial charge in [-0.05, 0) is 40.6 Å². The highest BCUT2D eigenvalue weighted by Gasteiger charge is 2.06. The predicted molar refractivity (Wildman–Crippen MR) is 87.7 cm³/mol. The van der Waals surface area contributed by atoms with Crippen LogP contribution in [-0.2, 0) is 6.42 Å². The molecule has 2 nitrogen and oxygen atoms in total. The molecule has 1 aromatic heterocycles. The van der Waals surface area contributed by atoms with E-state index in [1.807, 2.05) is 24.3 Å². The first-order valence-corrected chi connectivity index (χ1v) is 7.22. The number of nitriles is 1. The highest BCUT2D eigenvalue weighted by molar-refractivity contribution is 5.83. The Morgan fingerprint density at radius 2 is 1.68 bits per heavy atom. The molecule has 0 aliphatic rings. The maximum absolute atomic E-state index is 8.96. The van der Waals surface area contributed by atoms with E-state index in [0.29, 0.717) is 5.56 Å². The van der Waals surface area contributed by atoms with Gasteiger partial charge >= 0.3 is 0 Å². The van der Waals surface area contributed by atoms with Gasteiger partial charge in [0, 0.05) is 11.8 Å². The first-order chi connectivity index (χ1) is 10.8. The molecule has 0 aliphatic carbocycles. The van der Waals surface area contributed by atoms with Crippen molar-refractivity contribution in [2.75, 3.05) is 0 Å². The Balaban J connectivity index is 1.71. The molecule has 0 saturated carbocycles. The Labute approximate surface area is 128 Å². The maximum Gasteiger partial charge on any atom is 0.134 e. The third-order valence-corrected chi connectivity index (χ3v) is 3.89. The molecule has 0 atom stereocenters. The van der Waals surface area contributed by atoms with Crippen molar-refractivity contribution in [2.45, 2.75) is 6.42 Å². The lowest BCUT2D eigenvalue weighted by Crippen LogP contribution is -1.85. The number of hydrogen-bond acceptors (Lipinski definition) is 2. The normalized spacial score (nSPS) is 10.9. The lowest BCUT2D eigenvalue weighted by atomic mass is 10.0. The van der Waals surface area contributed by atoms with Crippen LogP contribution in [0.5, 0.6) is 0 Å². The van der Waals surface area contributed by atoms with Gasteiger partial charge in [-0.25, -0.2) is 0 Å². The van der Waals surface area contributed by atoms with Gasteiger partial charge in [0.25, 0.3) is 0 Å². The first-order valence-electron chi connectivity index (χ1n) is 7.22. The van der Waals surface area contributed by atoms with Gasteiger partial charge in [-0.1, -0.05) is 42.5 Å². The molecule has 0 radical (unpaired) electrons. The third-order valence-electron chi connectivity index (χ3n) is 3.89. The summed E-state index contributed by atoms with van der Waals surface area (Å²) >= 11 is 0. The van der Waals surface area contributed by atoms with Gasteiger partial charge in [0.1, 0.15) is 11.3 Å². The van der Waals surface area contributed by atoms with E-state index in [2.05, 4.69) is 42.5 Å². The number of nitrogens with zero attached hydrogens (tertiary/aromatic N) is 1. The molecule has 104 valence electrons. The van der Waals surface area contributed by atoms with Gasteiger partial charge in [0.2, 0.25) is 0 Å². The van der Waals surface area contributed by atoms with E-state index >= 15 is 0 Å². The lowest BCUT2D eigenvalue weighted by molar-refractivity contribution is 0.563. The summed E-state index contributed by atoms with van der Waals surface area (Å²) < 4.78 is 5.87. The van der Waals surface area contributed by atoms with Gasteiger partial charge in [0.15, 0.2) is 0 Å². The molecule has 4 aromatic rings. The summed E-state index contributed by atoms with van der Waals surface area (Å²) in [6.07, 6.45) is 0.751. The Kier molecular flexibility index (Phi) is 2.91. The van der Waals surface area contributed by atoms with Crippen molar-refractivity contribution in [1.29, 1.82) is 5.26 Å². The van der Waals surface area contributed by atoms with Gasteiger partial charge in [0.05, 0.1) is 11.6 Å². The zero-order valence-corrected chi connectivity index (χ0v) is 11.9. The molecular formula is C20H13NO. The third kappa shape index (κ3) is 2.23. The molecule has 0 aliphatic heterocycles. The fraction of sp³-hybridized carbons (Fsp3) is 0.0500. The van der Waals surface area contributed by atoms with Crippen LogP contribution in [0.15, 0.2) is 71.1 Å². The number of furan rings is 1. The van der Waals surface area contributed by atoms with Crippen LogP contribution in [0, 0.1) is 11.3 Å². The minimum atomic E-state index is 0.658. The minimum Gasteiger partial charge on any atom is -0.461 e. The summed E-state index contributed by atoms with van der Waals surface area (Å²) in [5.41, 5.74) is 2.71. The molecule has 4 rings (SSSR count). The predicted octanol–water partition coefficient (Wildman–Crippen LogP) is 5.05. The quantitative estimate of drug-likeness (QED) is 0.516. The van der Waals surface area contributed by atoms with Crippen LogP contribution in [0.1, 0.15) is 16.9 Å². The Hall–Kier alpha value is -3.05. The maximum atomic E-state index is 8.96. The average Bonchev–Trinajstić information content (AvgIpc) is 2.95. The minimum absolute atomic E-state index is 0.658. The molecule has 0 unspecified atom stereocenters. The summed E-state index contributed by atoms with van der Waals surface area (Å²) in [4.78, 5) is 0. The second kappa shape index (κ2) is 5.05. The Morgan fingerprint density at radius 3 is 2.55 bits per heavy atom. The lowest BCUT2D eigenvalue weighted by Gasteiger charge is -2.01. The monoisotopic (exact) mass is 283 g/mol.